The molecule has 0 atom stereocenters. The van der Waals surface area contributed by atoms with Crippen LogP contribution >= 0.6 is 0 Å². The summed E-state index contributed by atoms with van der Waals surface area (Å²) in [6.45, 7) is 2.32. The molecule has 2 heterocycles. The highest BCUT2D eigenvalue weighted by Gasteiger charge is 2.30. The number of nitro groups is 2. The zero-order chi connectivity index (χ0) is 21.4. The summed E-state index contributed by atoms with van der Waals surface area (Å²) in [4.78, 5) is 43.6. The Morgan fingerprint density at radius 2 is 1.83 bits per heavy atom. The van der Waals surface area contributed by atoms with Crippen LogP contribution in [-0.2, 0) is 0 Å². The van der Waals surface area contributed by atoms with Gasteiger partial charge in [-0.2, -0.15) is 0 Å². The number of hydrogen-bond donors (Lipinski definition) is 1. The molecule has 0 aliphatic carbocycles. The Labute approximate surface area is 170 Å². The lowest BCUT2D eigenvalue weighted by atomic mass is 9.95. The molecule has 4 rings (SSSR count). The number of imidazole rings is 1. The number of nitrogens with zero attached hydrogens (tertiary/aromatic N) is 4. The second kappa shape index (κ2) is 7.54. The molecule has 30 heavy (non-hydrogen) atoms. The highest BCUT2D eigenvalue weighted by Crippen LogP contribution is 2.32. The predicted octanol–water partition coefficient (Wildman–Crippen LogP) is 3.71. The second-order valence-electron chi connectivity index (χ2n) is 7.36. The standard InChI is InChI=1S/C20H19N5O5/c1-12-15(10-14(24(27)28)11-18(12)25(29)30)20(26)23-8-6-13(7-9-23)19-21-16-4-2-3-5-17(16)22-19/h2-5,10-11,13H,6-9H2,1H3,(H,21,22). The van der Waals surface area contributed by atoms with Crippen LogP contribution in [0.4, 0.5) is 11.4 Å². The number of para-hydroxylation sites is 2. The summed E-state index contributed by atoms with van der Waals surface area (Å²) < 4.78 is 0. The van der Waals surface area contributed by atoms with Crippen molar-refractivity contribution in [2.24, 2.45) is 0 Å². The minimum Gasteiger partial charge on any atom is -0.342 e. The number of rotatable bonds is 4. The van der Waals surface area contributed by atoms with Crippen LogP contribution in [0.5, 0.6) is 0 Å². The summed E-state index contributed by atoms with van der Waals surface area (Å²) >= 11 is 0. The molecule has 3 aromatic rings. The lowest BCUT2D eigenvalue weighted by Crippen LogP contribution is -2.38. The van der Waals surface area contributed by atoms with Crippen molar-refractivity contribution in [2.45, 2.75) is 25.7 Å². The molecule has 1 aliphatic heterocycles. The quantitative estimate of drug-likeness (QED) is 0.515. The molecule has 0 spiro atoms. The number of carbonyl (C=O) groups excluding carboxylic acids is 1. The summed E-state index contributed by atoms with van der Waals surface area (Å²) in [6, 6.07) is 9.77. The van der Waals surface area contributed by atoms with Gasteiger partial charge in [-0.1, -0.05) is 12.1 Å². The highest BCUT2D eigenvalue weighted by atomic mass is 16.6. The SMILES string of the molecule is Cc1c(C(=O)N2CCC(c3nc4ccccc4[nH]3)CC2)cc([N+](=O)[O-])cc1[N+](=O)[O-]. The van der Waals surface area contributed by atoms with Crippen molar-refractivity contribution >= 4 is 28.3 Å². The number of benzene rings is 2. The first kappa shape index (κ1) is 19.5. The summed E-state index contributed by atoms with van der Waals surface area (Å²) in [5, 5.41) is 22.4. The van der Waals surface area contributed by atoms with Gasteiger partial charge in [-0.25, -0.2) is 4.98 Å². The minimum atomic E-state index is -0.725. The molecule has 1 N–H and O–H groups in total. The maximum atomic E-state index is 13.0. The maximum absolute atomic E-state index is 13.0. The van der Waals surface area contributed by atoms with Gasteiger partial charge in [0.1, 0.15) is 5.82 Å². The Kier molecular flexibility index (Phi) is 4.90. The fourth-order valence-electron chi connectivity index (χ4n) is 3.89. The topological polar surface area (TPSA) is 135 Å². The number of carbonyl (C=O) groups is 1. The first-order valence-corrected chi connectivity index (χ1v) is 9.52. The third kappa shape index (κ3) is 3.47. The Bertz CT molecular complexity index is 1130. The molecule has 0 unspecified atom stereocenters. The number of likely N-dealkylation sites (tertiary alicyclic amines) is 1. The van der Waals surface area contributed by atoms with Crippen LogP contribution in [-0.4, -0.2) is 43.7 Å². The number of aromatic nitrogens is 2. The van der Waals surface area contributed by atoms with E-state index in [0.29, 0.717) is 25.9 Å². The Balaban J connectivity index is 1.54. The van der Waals surface area contributed by atoms with Crippen molar-refractivity contribution in [2.75, 3.05) is 13.1 Å². The number of H-pyrrole nitrogens is 1. The number of nitrogens with one attached hydrogen (secondary N) is 1. The van der Waals surface area contributed by atoms with E-state index in [-0.39, 0.29) is 17.0 Å². The summed E-state index contributed by atoms with van der Waals surface area (Å²) in [5.74, 6) is 0.620. The Morgan fingerprint density at radius 3 is 2.47 bits per heavy atom. The average Bonchev–Trinajstić information content (AvgIpc) is 3.17. The lowest BCUT2D eigenvalue weighted by molar-refractivity contribution is -0.394. The fourth-order valence-corrected chi connectivity index (χ4v) is 3.89. The van der Waals surface area contributed by atoms with Crippen LogP contribution in [0.3, 0.4) is 0 Å². The van der Waals surface area contributed by atoms with Gasteiger partial charge in [-0.3, -0.25) is 25.0 Å². The number of piperidine rings is 1. The molecule has 0 radical (unpaired) electrons. The van der Waals surface area contributed by atoms with Crippen LogP contribution in [0.2, 0.25) is 0 Å². The molecule has 154 valence electrons. The van der Waals surface area contributed by atoms with Gasteiger partial charge in [-0.05, 0) is 31.9 Å². The predicted molar refractivity (Wildman–Crippen MR) is 108 cm³/mol. The molecule has 0 saturated carbocycles. The molecular formula is C20H19N5O5. The molecule has 2 aromatic carbocycles. The largest absolute Gasteiger partial charge is 0.342 e. The van der Waals surface area contributed by atoms with E-state index in [2.05, 4.69) is 9.97 Å². The smallest absolute Gasteiger partial charge is 0.279 e. The van der Waals surface area contributed by atoms with Crippen LogP contribution in [0, 0.1) is 27.2 Å². The van der Waals surface area contributed by atoms with Crippen molar-refractivity contribution in [3.8, 4) is 0 Å². The van der Waals surface area contributed by atoms with Crippen molar-refractivity contribution in [1.29, 1.82) is 0 Å². The molecule has 10 nitrogen and oxygen atoms in total. The van der Waals surface area contributed by atoms with E-state index in [4.69, 9.17) is 0 Å². The molecular weight excluding hydrogens is 390 g/mol. The fraction of sp³-hybridized carbons (Fsp3) is 0.300. The molecule has 1 fully saturated rings. The van der Waals surface area contributed by atoms with Crippen molar-refractivity contribution < 1.29 is 14.6 Å². The number of non-ortho nitro benzene ring substituents is 1. The highest BCUT2D eigenvalue weighted by molar-refractivity contribution is 5.97. The second-order valence-corrected chi connectivity index (χ2v) is 7.36. The van der Waals surface area contributed by atoms with Gasteiger partial charge in [0.15, 0.2) is 0 Å². The van der Waals surface area contributed by atoms with Gasteiger partial charge < -0.3 is 9.88 Å². The third-order valence-electron chi connectivity index (χ3n) is 5.58. The van der Waals surface area contributed by atoms with E-state index in [1.165, 1.54) is 6.92 Å². The number of nitro benzene ring substituents is 2. The number of amides is 1. The normalized spacial score (nSPS) is 14.8. The van der Waals surface area contributed by atoms with E-state index in [1.54, 1.807) is 4.90 Å². The molecule has 1 aromatic heterocycles. The van der Waals surface area contributed by atoms with Gasteiger partial charge in [-0.15, -0.1) is 0 Å². The molecule has 1 amide bonds. The average molecular weight is 409 g/mol. The number of aromatic amines is 1. The first-order valence-electron chi connectivity index (χ1n) is 9.52. The van der Waals surface area contributed by atoms with Crippen molar-refractivity contribution in [3.05, 3.63) is 73.6 Å². The van der Waals surface area contributed by atoms with Crippen LogP contribution in [0.25, 0.3) is 11.0 Å². The van der Waals surface area contributed by atoms with Gasteiger partial charge in [0.05, 0.1) is 32.5 Å². The zero-order valence-corrected chi connectivity index (χ0v) is 16.2. The van der Waals surface area contributed by atoms with Crippen LogP contribution < -0.4 is 0 Å². The maximum Gasteiger partial charge on any atom is 0.279 e. The summed E-state index contributed by atoms with van der Waals surface area (Å²) in [7, 11) is 0. The monoisotopic (exact) mass is 409 g/mol. The van der Waals surface area contributed by atoms with E-state index in [9.17, 15) is 25.0 Å². The van der Waals surface area contributed by atoms with Gasteiger partial charge >= 0.3 is 0 Å². The first-order chi connectivity index (χ1) is 14.3. The Morgan fingerprint density at radius 1 is 1.13 bits per heavy atom. The molecule has 1 saturated heterocycles. The van der Waals surface area contributed by atoms with E-state index < -0.39 is 27.1 Å². The molecule has 0 bridgehead atoms. The summed E-state index contributed by atoms with van der Waals surface area (Å²) in [6.07, 6.45) is 1.36. The van der Waals surface area contributed by atoms with Crippen LogP contribution in [0.15, 0.2) is 36.4 Å². The summed E-state index contributed by atoms with van der Waals surface area (Å²) in [5.41, 5.74) is 1.10. The van der Waals surface area contributed by atoms with E-state index in [0.717, 1.165) is 29.0 Å². The van der Waals surface area contributed by atoms with Gasteiger partial charge in [0.2, 0.25) is 0 Å². The van der Waals surface area contributed by atoms with Gasteiger partial charge in [0.25, 0.3) is 17.3 Å². The van der Waals surface area contributed by atoms with Crippen LogP contribution in [0.1, 0.15) is 40.5 Å². The minimum absolute atomic E-state index is 0.00177. The number of fused-ring (bicyclic) bond motifs is 1. The lowest BCUT2D eigenvalue weighted by Gasteiger charge is -2.31. The van der Waals surface area contributed by atoms with Crippen molar-refractivity contribution in [1.82, 2.24) is 14.9 Å². The number of hydrogen-bond acceptors (Lipinski definition) is 6. The van der Waals surface area contributed by atoms with Crippen molar-refractivity contribution in [3.63, 3.8) is 0 Å². The van der Waals surface area contributed by atoms with E-state index in [1.807, 2.05) is 24.3 Å². The van der Waals surface area contributed by atoms with E-state index >= 15 is 0 Å². The zero-order valence-electron chi connectivity index (χ0n) is 16.2. The Hall–Kier alpha value is -3.82. The molecule has 10 heteroatoms. The third-order valence-corrected chi connectivity index (χ3v) is 5.58. The molecule has 1 aliphatic rings. The van der Waals surface area contributed by atoms with Gasteiger partial charge in [0, 0.05) is 30.6 Å².